The van der Waals surface area contributed by atoms with Crippen LogP contribution in [0.5, 0.6) is 0 Å². The minimum Gasteiger partial charge on any atom is -0.378 e. The number of likely N-dealkylation sites (N-methyl/N-ethyl adjacent to an activating group) is 1. The van der Waals surface area contributed by atoms with Gasteiger partial charge in [0.1, 0.15) is 5.82 Å². The maximum Gasteiger partial charge on any atom is 0.241 e. The number of carbonyl (C=O) groups is 1. The van der Waals surface area contributed by atoms with E-state index >= 15 is 0 Å². The summed E-state index contributed by atoms with van der Waals surface area (Å²) in [6.07, 6.45) is 0. The molecule has 1 N–H and O–H groups in total. The van der Waals surface area contributed by atoms with E-state index in [4.69, 9.17) is 11.6 Å². The van der Waals surface area contributed by atoms with Crippen molar-refractivity contribution in [3.05, 3.63) is 58.9 Å². The summed E-state index contributed by atoms with van der Waals surface area (Å²) >= 11 is 5.99. The topological polar surface area (TPSA) is 35.6 Å². The lowest BCUT2D eigenvalue weighted by atomic mass is 10.1. The third-order valence-electron chi connectivity index (χ3n) is 4.36. The largest absolute Gasteiger partial charge is 0.378 e. The zero-order chi connectivity index (χ0) is 19.3. The highest BCUT2D eigenvalue weighted by Crippen LogP contribution is 2.23. The van der Waals surface area contributed by atoms with Gasteiger partial charge in [0.05, 0.1) is 16.8 Å². The van der Waals surface area contributed by atoms with Crippen molar-refractivity contribution in [3.8, 4) is 0 Å². The molecule has 0 fully saturated rings. The second-order valence-corrected chi connectivity index (χ2v) is 6.82. The molecule has 1 atom stereocenters. The summed E-state index contributed by atoms with van der Waals surface area (Å²) in [7, 11) is 4.00. The molecule has 0 bridgehead atoms. The summed E-state index contributed by atoms with van der Waals surface area (Å²) in [6, 6.07) is 11.8. The van der Waals surface area contributed by atoms with Gasteiger partial charge in [-0.05, 0) is 49.4 Å². The number of halogens is 2. The van der Waals surface area contributed by atoms with Crippen LogP contribution >= 0.6 is 11.6 Å². The van der Waals surface area contributed by atoms with Gasteiger partial charge in [-0.1, -0.05) is 30.7 Å². The highest BCUT2D eigenvalue weighted by atomic mass is 35.5. The van der Waals surface area contributed by atoms with Gasteiger partial charge in [0.15, 0.2) is 0 Å². The number of nitrogens with one attached hydrogen (secondary N) is 1. The van der Waals surface area contributed by atoms with Crippen molar-refractivity contribution in [3.63, 3.8) is 0 Å². The highest BCUT2D eigenvalue weighted by Gasteiger charge is 2.21. The molecule has 0 radical (unpaired) electrons. The summed E-state index contributed by atoms with van der Waals surface area (Å²) in [5.41, 5.74) is 2.68. The molecule has 1 amide bonds. The van der Waals surface area contributed by atoms with Crippen LogP contribution in [0.1, 0.15) is 19.4 Å². The SMILES string of the molecule is CCN(Cc1ccc(N(C)C)cc1)[C@H](C)C(=O)Nc1ccc(F)cc1Cl. The lowest BCUT2D eigenvalue weighted by Crippen LogP contribution is -2.41. The van der Waals surface area contributed by atoms with Gasteiger partial charge in [-0.15, -0.1) is 0 Å². The summed E-state index contributed by atoms with van der Waals surface area (Å²) < 4.78 is 13.1. The maximum atomic E-state index is 13.1. The second kappa shape index (κ2) is 9.01. The van der Waals surface area contributed by atoms with E-state index in [1.165, 1.54) is 18.2 Å². The van der Waals surface area contributed by atoms with Crippen molar-refractivity contribution in [2.45, 2.75) is 26.4 Å². The third kappa shape index (κ3) is 5.19. The Balaban J connectivity index is 2.04. The van der Waals surface area contributed by atoms with Crippen molar-refractivity contribution < 1.29 is 9.18 Å². The van der Waals surface area contributed by atoms with Crippen molar-refractivity contribution in [2.75, 3.05) is 30.9 Å². The molecule has 2 aromatic carbocycles. The molecule has 26 heavy (non-hydrogen) atoms. The molecular weight excluding hydrogens is 353 g/mol. The predicted octanol–water partition coefficient (Wildman–Crippen LogP) is 4.39. The van der Waals surface area contributed by atoms with Crippen LogP contribution in [-0.4, -0.2) is 37.5 Å². The zero-order valence-electron chi connectivity index (χ0n) is 15.6. The summed E-state index contributed by atoms with van der Waals surface area (Å²) in [5.74, 6) is -0.609. The average molecular weight is 378 g/mol. The zero-order valence-corrected chi connectivity index (χ0v) is 16.3. The fourth-order valence-electron chi connectivity index (χ4n) is 2.65. The Morgan fingerprint density at radius 3 is 2.38 bits per heavy atom. The summed E-state index contributed by atoms with van der Waals surface area (Å²) in [6.45, 7) is 5.25. The van der Waals surface area contributed by atoms with Gasteiger partial charge in [0.25, 0.3) is 0 Å². The molecule has 0 aliphatic heterocycles. The van der Waals surface area contributed by atoms with Gasteiger partial charge in [-0.2, -0.15) is 0 Å². The molecule has 2 rings (SSSR count). The molecule has 140 valence electrons. The van der Waals surface area contributed by atoms with Gasteiger partial charge >= 0.3 is 0 Å². The van der Waals surface area contributed by atoms with E-state index in [1.54, 1.807) is 0 Å². The minimum atomic E-state index is -0.433. The Morgan fingerprint density at radius 1 is 1.19 bits per heavy atom. The van der Waals surface area contributed by atoms with Crippen LogP contribution in [0.3, 0.4) is 0 Å². The predicted molar refractivity (Wildman–Crippen MR) is 106 cm³/mol. The molecule has 0 aliphatic carbocycles. The smallest absolute Gasteiger partial charge is 0.241 e. The van der Waals surface area contributed by atoms with Crippen molar-refractivity contribution in [2.24, 2.45) is 0 Å². The van der Waals surface area contributed by atoms with Crippen LogP contribution in [0, 0.1) is 5.82 Å². The van der Waals surface area contributed by atoms with Crippen LogP contribution in [-0.2, 0) is 11.3 Å². The molecule has 0 heterocycles. The first-order chi connectivity index (χ1) is 12.3. The van der Waals surface area contributed by atoms with E-state index in [2.05, 4.69) is 34.5 Å². The van der Waals surface area contributed by atoms with E-state index in [0.717, 1.165) is 17.8 Å². The fourth-order valence-corrected chi connectivity index (χ4v) is 2.86. The Labute approximate surface area is 159 Å². The maximum absolute atomic E-state index is 13.1. The van der Waals surface area contributed by atoms with E-state index in [9.17, 15) is 9.18 Å². The van der Waals surface area contributed by atoms with Gasteiger partial charge < -0.3 is 10.2 Å². The van der Waals surface area contributed by atoms with Crippen LogP contribution in [0.2, 0.25) is 5.02 Å². The number of nitrogens with zero attached hydrogens (tertiary/aromatic N) is 2. The molecular formula is C20H25ClFN3O. The minimum absolute atomic E-state index is 0.176. The number of carbonyl (C=O) groups excluding carboxylic acids is 1. The number of hydrogen-bond acceptors (Lipinski definition) is 3. The number of rotatable bonds is 7. The first-order valence-electron chi connectivity index (χ1n) is 8.58. The number of anilines is 2. The normalized spacial score (nSPS) is 12.1. The molecule has 0 aliphatic rings. The number of amides is 1. The van der Waals surface area contributed by atoms with Crippen molar-refractivity contribution >= 4 is 28.9 Å². The molecule has 4 nitrogen and oxygen atoms in total. The summed E-state index contributed by atoms with van der Waals surface area (Å²) in [4.78, 5) is 16.7. The molecule has 2 aromatic rings. The lowest BCUT2D eigenvalue weighted by molar-refractivity contribution is -0.120. The fraction of sp³-hybridized carbons (Fsp3) is 0.350. The Hall–Kier alpha value is -2.11. The Bertz CT molecular complexity index is 749. The van der Waals surface area contributed by atoms with E-state index in [-0.39, 0.29) is 17.0 Å². The van der Waals surface area contributed by atoms with Crippen molar-refractivity contribution in [1.29, 1.82) is 0 Å². The molecule has 0 unspecified atom stereocenters. The van der Waals surface area contributed by atoms with Crippen molar-refractivity contribution in [1.82, 2.24) is 4.90 Å². The number of hydrogen-bond donors (Lipinski definition) is 1. The Kier molecular flexibility index (Phi) is 7.00. The molecule has 0 saturated carbocycles. The standard InChI is InChI=1S/C20H25ClFN3O/c1-5-25(13-15-6-9-17(10-7-15)24(3)4)14(2)20(26)23-19-11-8-16(22)12-18(19)21/h6-12,14H,5,13H2,1-4H3,(H,23,26)/t14-/m1/s1. The van der Waals surface area contributed by atoms with Crippen LogP contribution in [0.25, 0.3) is 0 Å². The average Bonchev–Trinajstić information content (AvgIpc) is 2.61. The number of benzene rings is 2. The Morgan fingerprint density at radius 2 is 1.85 bits per heavy atom. The molecule has 0 saturated heterocycles. The molecule has 0 aromatic heterocycles. The van der Waals surface area contributed by atoms with Crippen LogP contribution < -0.4 is 10.2 Å². The van der Waals surface area contributed by atoms with Gasteiger partial charge in [-0.25, -0.2) is 4.39 Å². The van der Waals surface area contributed by atoms with E-state index in [0.29, 0.717) is 12.2 Å². The van der Waals surface area contributed by atoms with Gasteiger partial charge in [-0.3, -0.25) is 9.69 Å². The highest BCUT2D eigenvalue weighted by molar-refractivity contribution is 6.33. The summed E-state index contributed by atoms with van der Waals surface area (Å²) in [5, 5.41) is 2.96. The van der Waals surface area contributed by atoms with E-state index < -0.39 is 5.82 Å². The quantitative estimate of drug-likeness (QED) is 0.777. The third-order valence-corrected chi connectivity index (χ3v) is 4.67. The monoisotopic (exact) mass is 377 g/mol. The van der Waals surface area contributed by atoms with Crippen LogP contribution in [0.4, 0.5) is 15.8 Å². The first kappa shape index (κ1) is 20.2. The molecule has 0 spiro atoms. The lowest BCUT2D eigenvalue weighted by Gasteiger charge is -2.27. The van der Waals surface area contributed by atoms with Gasteiger partial charge in [0.2, 0.25) is 5.91 Å². The van der Waals surface area contributed by atoms with E-state index in [1.807, 2.05) is 32.8 Å². The van der Waals surface area contributed by atoms with Gasteiger partial charge in [0, 0.05) is 26.3 Å². The molecule has 6 heteroatoms. The van der Waals surface area contributed by atoms with Crippen LogP contribution in [0.15, 0.2) is 42.5 Å². The second-order valence-electron chi connectivity index (χ2n) is 6.41. The first-order valence-corrected chi connectivity index (χ1v) is 8.95.